The van der Waals surface area contributed by atoms with Gasteiger partial charge in [-0.3, -0.25) is 4.79 Å². The predicted octanol–water partition coefficient (Wildman–Crippen LogP) is 4.26. The number of carbonyl (C=O) groups excluding carboxylic acids is 1. The minimum Gasteiger partial charge on any atom is -0.497 e. The number of methoxy groups -OCH3 is 1. The average Bonchev–Trinajstić information content (AvgIpc) is 2.48. The molecule has 0 bridgehead atoms. The van der Waals surface area contributed by atoms with Gasteiger partial charge in [-0.2, -0.15) is 0 Å². The minimum atomic E-state index is -0.676. The first kappa shape index (κ1) is 15.4. The molecule has 0 aliphatic rings. The highest BCUT2D eigenvalue weighted by Crippen LogP contribution is 2.27. The van der Waals surface area contributed by atoms with E-state index in [0.29, 0.717) is 5.02 Å². The fraction of sp³-hybridized carbons (Fsp3) is 0.235. The standard InChI is InChI=1S/C17H18ClNO2/c1-17(2,12-5-4-6-13(18)11-12)16(20)19-14-7-9-15(21-3)10-8-14/h4-11H,1-3H3,(H,19,20). The van der Waals surface area contributed by atoms with Crippen molar-refractivity contribution in [3.63, 3.8) is 0 Å². The Bertz CT molecular complexity index is 635. The predicted molar refractivity (Wildman–Crippen MR) is 86.1 cm³/mol. The number of amides is 1. The van der Waals surface area contributed by atoms with Gasteiger partial charge in [-0.15, -0.1) is 0 Å². The summed E-state index contributed by atoms with van der Waals surface area (Å²) >= 11 is 6.00. The van der Waals surface area contributed by atoms with Gasteiger partial charge >= 0.3 is 0 Å². The van der Waals surface area contributed by atoms with E-state index >= 15 is 0 Å². The molecule has 1 amide bonds. The molecule has 0 saturated carbocycles. The third kappa shape index (κ3) is 3.56. The zero-order valence-corrected chi connectivity index (χ0v) is 13.1. The van der Waals surface area contributed by atoms with Crippen LogP contribution in [0.15, 0.2) is 48.5 Å². The van der Waals surface area contributed by atoms with Crippen molar-refractivity contribution in [1.82, 2.24) is 0 Å². The van der Waals surface area contributed by atoms with E-state index in [2.05, 4.69) is 5.32 Å². The minimum absolute atomic E-state index is 0.0880. The molecule has 0 unspecified atom stereocenters. The van der Waals surface area contributed by atoms with Crippen LogP contribution in [0, 0.1) is 0 Å². The van der Waals surface area contributed by atoms with Crippen LogP contribution in [-0.2, 0) is 10.2 Å². The number of benzene rings is 2. The summed E-state index contributed by atoms with van der Waals surface area (Å²) in [5.74, 6) is 0.664. The molecule has 0 aliphatic carbocycles. The molecule has 0 atom stereocenters. The van der Waals surface area contributed by atoms with Crippen molar-refractivity contribution in [2.24, 2.45) is 0 Å². The number of ether oxygens (including phenoxy) is 1. The molecule has 2 aromatic carbocycles. The Morgan fingerprint density at radius 2 is 1.81 bits per heavy atom. The number of hydrogen-bond acceptors (Lipinski definition) is 2. The van der Waals surface area contributed by atoms with Gasteiger partial charge in [0, 0.05) is 10.7 Å². The van der Waals surface area contributed by atoms with E-state index < -0.39 is 5.41 Å². The van der Waals surface area contributed by atoms with Crippen LogP contribution in [0.4, 0.5) is 5.69 Å². The van der Waals surface area contributed by atoms with E-state index in [1.54, 1.807) is 13.2 Å². The van der Waals surface area contributed by atoms with Crippen molar-refractivity contribution in [2.75, 3.05) is 12.4 Å². The summed E-state index contributed by atoms with van der Waals surface area (Å²) in [6.07, 6.45) is 0. The van der Waals surface area contributed by atoms with Gasteiger partial charge in [0.2, 0.25) is 5.91 Å². The van der Waals surface area contributed by atoms with Gasteiger partial charge < -0.3 is 10.1 Å². The van der Waals surface area contributed by atoms with Gasteiger partial charge in [0.05, 0.1) is 12.5 Å². The number of halogens is 1. The summed E-state index contributed by atoms with van der Waals surface area (Å²) in [5.41, 5.74) is 0.932. The lowest BCUT2D eigenvalue weighted by Gasteiger charge is -2.24. The Labute approximate surface area is 129 Å². The molecule has 0 aromatic heterocycles. The van der Waals surface area contributed by atoms with Crippen LogP contribution in [0.1, 0.15) is 19.4 Å². The number of anilines is 1. The summed E-state index contributed by atoms with van der Waals surface area (Å²) in [4.78, 5) is 12.5. The number of hydrogen-bond donors (Lipinski definition) is 1. The first-order chi connectivity index (χ1) is 9.93. The van der Waals surface area contributed by atoms with Crippen molar-refractivity contribution >= 4 is 23.2 Å². The van der Waals surface area contributed by atoms with Crippen molar-refractivity contribution < 1.29 is 9.53 Å². The molecule has 0 fully saturated rings. The van der Waals surface area contributed by atoms with Crippen molar-refractivity contribution in [3.8, 4) is 5.75 Å². The molecule has 2 aromatic rings. The second-order valence-electron chi connectivity index (χ2n) is 5.32. The van der Waals surface area contributed by atoms with Crippen LogP contribution in [0.3, 0.4) is 0 Å². The SMILES string of the molecule is COc1ccc(NC(=O)C(C)(C)c2cccc(Cl)c2)cc1. The molecule has 4 heteroatoms. The third-order valence-electron chi connectivity index (χ3n) is 3.46. The summed E-state index contributed by atoms with van der Waals surface area (Å²) < 4.78 is 5.10. The normalized spacial score (nSPS) is 11.0. The Balaban J connectivity index is 2.17. The molecule has 21 heavy (non-hydrogen) atoms. The first-order valence-corrected chi connectivity index (χ1v) is 7.03. The lowest BCUT2D eigenvalue weighted by atomic mass is 9.83. The van der Waals surface area contributed by atoms with Gasteiger partial charge in [-0.1, -0.05) is 23.7 Å². The van der Waals surface area contributed by atoms with Crippen LogP contribution in [0.25, 0.3) is 0 Å². The topological polar surface area (TPSA) is 38.3 Å². The largest absolute Gasteiger partial charge is 0.497 e. The van der Waals surface area contributed by atoms with E-state index in [4.69, 9.17) is 16.3 Å². The molecule has 2 rings (SSSR count). The molecule has 0 radical (unpaired) electrons. The molecule has 1 N–H and O–H groups in total. The average molecular weight is 304 g/mol. The fourth-order valence-electron chi connectivity index (χ4n) is 1.97. The Morgan fingerprint density at radius 1 is 1.14 bits per heavy atom. The second kappa shape index (κ2) is 6.19. The van der Waals surface area contributed by atoms with Crippen LogP contribution in [0.5, 0.6) is 5.75 Å². The summed E-state index contributed by atoms with van der Waals surface area (Å²) in [6.45, 7) is 3.75. The van der Waals surface area contributed by atoms with Crippen LogP contribution < -0.4 is 10.1 Å². The molecule has 0 spiro atoms. The van der Waals surface area contributed by atoms with Crippen LogP contribution in [-0.4, -0.2) is 13.0 Å². The Kier molecular flexibility index (Phi) is 4.53. The molecule has 3 nitrogen and oxygen atoms in total. The lowest BCUT2D eigenvalue weighted by Crippen LogP contribution is -2.34. The van der Waals surface area contributed by atoms with E-state index in [9.17, 15) is 4.79 Å². The maximum atomic E-state index is 12.5. The lowest BCUT2D eigenvalue weighted by molar-refractivity contribution is -0.120. The number of carbonyl (C=O) groups is 1. The summed E-state index contributed by atoms with van der Waals surface area (Å²) in [5, 5.41) is 3.54. The molecule has 0 saturated heterocycles. The highest BCUT2D eigenvalue weighted by Gasteiger charge is 2.30. The monoisotopic (exact) mass is 303 g/mol. The van der Waals surface area contributed by atoms with E-state index in [0.717, 1.165) is 17.0 Å². The van der Waals surface area contributed by atoms with E-state index in [-0.39, 0.29) is 5.91 Å². The van der Waals surface area contributed by atoms with Gasteiger partial charge in [-0.25, -0.2) is 0 Å². The van der Waals surface area contributed by atoms with Crippen molar-refractivity contribution in [2.45, 2.75) is 19.3 Å². The highest BCUT2D eigenvalue weighted by atomic mass is 35.5. The van der Waals surface area contributed by atoms with E-state index in [1.165, 1.54) is 0 Å². The van der Waals surface area contributed by atoms with Crippen molar-refractivity contribution in [1.29, 1.82) is 0 Å². The summed E-state index contributed by atoms with van der Waals surface area (Å²) in [7, 11) is 1.61. The third-order valence-corrected chi connectivity index (χ3v) is 3.70. The maximum Gasteiger partial charge on any atom is 0.234 e. The van der Waals surface area contributed by atoms with Gasteiger partial charge in [0.1, 0.15) is 5.75 Å². The fourth-order valence-corrected chi connectivity index (χ4v) is 2.16. The quantitative estimate of drug-likeness (QED) is 0.916. The zero-order valence-electron chi connectivity index (χ0n) is 12.3. The first-order valence-electron chi connectivity index (χ1n) is 6.65. The van der Waals surface area contributed by atoms with Crippen LogP contribution in [0.2, 0.25) is 5.02 Å². The molecule has 0 aliphatic heterocycles. The Morgan fingerprint density at radius 3 is 2.38 bits per heavy atom. The highest BCUT2D eigenvalue weighted by molar-refractivity contribution is 6.30. The smallest absolute Gasteiger partial charge is 0.234 e. The maximum absolute atomic E-state index is 12.5. The molecular formula is C17H18ClNO2. The summed E-state index contributed by atoms with van der Waals surface area (Å²) in [6, 6.07) is 14.6. The van der Waals surface area contributed by atoms with E-state index in [1.807, 2.05) is 56.3 Å². The van der Waals surface area contributed by atoms with Gasteiger partial charge in [-0.05, 0) is 55.8 Å². The number of rotatable bonds is 4. The molecule has 0 heterocycles. The zero-order chi connectivity index (χ0) is 15.5. The van der Waals surface area contributed by atoms with Gasteiger partial charge in [0.15, 0.2) is 0 Å². The van der Waals surface area contributed by atoms with Gasteiger partial charge in [0.25, 0.3) is 0 Å². The Hall–Kier alpha value is -2.00. The molecular weight excluding hydrogens is 286 g/mol. The number of nitrogens with one attached hydrogen (secondary N) is 1. The molecule has 110 valence electrons. The van der Waals surface area contributed by atoms with Crippen molar-refractivity contribution in [3.05, 3.63) is 59.1 Å². The second-order valence-corrected chi connectivity index (χ2v) is 5.75. The van der Waals surface area contributed by atoms with Crippen LogP contribution >= 0.6 is 11.6 Å².